The summed E-state index contributed by atoms with van der Waals surface area (Å²) in [5, 5.41) is 5.64. The number of hydrogen-bond donors (Lipinski definition) is 2. The van der Waals surface area contributed by atoms with Crippen LogP contribution < -0.4 is 14.9 Å². The third-order valence-electron chi connectivity index (χ3n) is 6.79. The molecule has 3 amide bonds. The third-order valence-corrected chi connectivity index (χ3v) is 9.13. The zero-order valence-electron chi connectivity index (χ0n) is 21.5. The number of sulfonamides is 1. The van der Waals surface area contributed by atoms with Gasteiger partial charge in [0.15, 0.2) is 0 Å². The van der Waals surface area contributed by atoms with Gasteiger partial charge in [-0.25, -0.2) is 13.2 Å². The molecule has 40 heavy (non-hydrogen) atoms. The van der Waals surface area contributed by atoms with E-state index in [1.165, 1.54) is 29.2 Å². The van der Waals surface area contributed by atoms with Crippen LogP contribution >= 0.6 is 23.2 Å². The summed E-state index contributed by atoms with van der Waals surface area (Å²) in [6, 6.07) is 7.28. The zero-order chi connectivity index (χ0) is 29.2. The van der Waals surface area contributed by atoms with Gasteiger partial charge in [0.05, 0.1) is 21.2 Å². The Kier molecular flexibility index (Phi) is 9.11. The van der Waals surface area contributed by atoms with Crippen LogP contribution in [0.2, 0.25) is 10.0 Å². The Balaban J connectivity index is 1.59. The van der Waals surface area contributed by atoms with Gasteiger partial charge in [0.1, 0.15) is 6.54 Å². The highest BCUT2D eigenvalue weighted by molar-refractivity contribution is 7.92. The highest BCUT2D eigenvalue weighted by Gasteiger charge is 2.36. The lowest BCUT2D eigenvalue weighted by Crippen LogP contribution is -2.51. The number of halogens is 5. The largest absolute Gasteiger partial charge is 0.416 e. The summed E-state index contributed by atoms with van der Waals surface area (Å²) in [6.45, 7) is 2.05. The molecule has 2 aromatic rings. The molecule has 0 spiro atoms. The minimum absolute atomic E-state index is 0.0504. The van der Waals surface area contributed by atoms with Crippen LogP contribution in [-0.2, 0) is 21.0 Å². The highest BCUT2D eigenvalue weighted by Crippen LogP contribution is 2.37. The summed E-state index contributed by atoms with van der Waals surface area (Å²) in [7, 11) is -4.53. The van der Waals surface area contributed by atoms with E-state index in [0.29, 0.717) is 23.5 Å². The van der Waals surface area contributed by atoms with Gasteiger partial charge in [0.2, 0.25) is 5.91 Å². The van der Waals surface area contributed by atoms with E-state index in [0.717, 1.165) is 31.4 Å². The second-order valence-corrected chi connectivity index (χ2v) is 13.0. The smallest absolute Gasteiger partial charge is 0.341 e. The lowest BCUT2D eigenvalue weighted by Gasteiger charge is -2.38. The summed E-state index contributed by atoms with van der Waals surface area (Å²) in [5.74, 6) is -0.643. The van der Waals surface area contributed by atoms with E-state index in [4.69, 9.17) is 23.2 Å². The molecule has 14 heteroatoms. The van der Waals surface area contributed by atoms with E-state index in [1.54, 1.807) is 0 Å². The van der Waals surface area contributed by atoms with E-state index in [1.807, 2.05) is 6.92 Å². The lowest BCUT2D eigenvalue weighted by molar-refractivity contribution is -0.137. The summed E-state index contributed by atoms with van der Waals surface area (Å²) in [5.41, 5.74) is -1.59. The van der Waals surface area contributed by atoms with Gasteiger partial charge in [-0.2, -0.15) is 13.2 Å². The number of hydrogen-bond acceptors (Lipinski definition) is 4. The number of carbonyl (C=O) groups excluding carboxylic acids is 2. The predicted octanol–water partition coefficient (Wildman–Crippen LogP) is 5.15. The number of urea groups is 1. The minimum Gasteiger partial charge on any atom is -0.341 e. The molecule has 0 radical (unpaired) electrons. The Bertz CT molecular complexity index is 1350. The van der Waals surface area contributed by atoms with Crippen molar-refractivity contribution >= 4 is 50.9 Å². The number of amides is 3. The third kappa shape index (κ3) is 7.52. The maximum atomic E-state index is 13.7. The van der Waals surface area contributed by atoms with Crippen LogP contribution in [0, 0.1) is 11.8 Å². The summed E-state index contributed by atoms with van der Waals surface area (Å²) < 4.78 is 68.6. The maximum Gasteiger partial charge on any atom is 0.416 e. The second-order valence-electron chi connectivity index (χ2n) is 10.3. The molecule has 218 valence electrons. The molecule has 2 N–H and O–H groups in total. The van der Waals surface area contributed by atoms with Gasteiger partial charge in [-0.05, 0) is 73.6 Å². The molecular formula is C26H29Cl2F3N4O4S. The van der Waals surface area contributed by atoms with Crippen molar-refractivity contribution in [2.24, 2.45) is 11.8 Å². The number of alkyl halides is 3. The average Bonchev–Trinajstić information content (AvgIpc) is 3.69. The number of piperidine rings is 1. The predicted molar refractivity (Wildman–Crippen MR) is 146 cm³/mol. The molecular weight excluding hydrogens is 592 g/mol. The van der Waals surface area contributed by atoms with E-state index in [9.17, 15) is 31.2 Å². The Morgan fingerprint density at radius 1 is 1.07 bits per heavy atom. The van der Waals surface area contributed by atoms with Gasteiger partial charge in [-0.1, -0.05) is 30.1 Å². The number of nitrogens with zero attached hydrogens (tertiary/aromatic N) is 2. The summed E-state index contributed by atoms with van der Waals surface area (Å²) in [4.78, 5) is 26.8. The van der Waals surface area contributed by atoms with Crippen molar-refractivity contribution in [1.29, 1.82) is 0 Å². The molecule has 8 nitrogen and oxygen atoms in total. The molecule has 1 aliphatic heterocycles. The molecule has 2 fully saturated rings. The molecule has 1 aliphatic carbocycles. The van der Waals surface area contributed by atoms with Crippen molar-refractivity contribution in [2.45, 2.75) is 43.3 Å². The molecule has 2 aromatic carbocycles. The molecule has 4 rings (SSSR count). The first kappa shape index (κ1) is 30.3. The monoisotopic (exact) mass is 620 g/mol. The number of benzene rings is 2. The molecule has 2 unspecified atom stereocenters. The molecule has 2 aliphatic rings. The van der Waals surface area contributed by atoms with E-state index >= 15 is 0 Å². The molecule has 2 atom stereocenters. The van der Waals surface area contributed by atoms with Gasteiger partial charge in [-0.3, -0.25) is 9.10 Å². The van der Waals surface area contributed by atoms with Crippen LogP contribution in [0.3, 0.4) is 0 Å². The van der Waals surface area contributed by atoms with Gasteiger partial charge in [-0.15, -0.1) is 0 Å². The topological polar surface area (TPSA) is 98.8 Å². The standard InChI is InChI=1S/C26H29Cl2F3N4O4S/c1-16-10-17(12-32-25(37)33-20-5-6-20)14-34(13-16)24(36)15-35(40(38,39)21-7-3-19(27)4-8-21)23-11-18(26(29,30)31)2-9-22(23)28/h2-4,7-9,11,16-17,20H,5-6,10,12-15H2,1H3,(H2,32,33,37). The molecule has 0 bridgehead atoms. The van der Waals surface area contributed by atoms with Crippen molar-refractivity contribution < 1.29 is 31.2 Å². The van der Waals surface area contributed by atoms with Crippen molar-refractivity contribution in [3.05, 3.63) is 58.1 Å². The maximum absolute atomic E-state index is 13.7. The average molecular weight is 622 g/mol. The summed E-state index contributed by atoms with van der Waals surface area (Å²) in [6.07, 6.45) is -2.14. The molecule has 1 heterocycles. The van der Waals surface area contributed by atoms with Crippen LogP contribution in [0.25, 0.3) is 0 Å². The van der Waals surface area contributed by atoms with E-state index < -0.39 is 39.9 Å². The van der Waals surface area contributed by atoms with Gasteiger partial charge >= 0.3 is 12.2 Å². The zero-order valence-corrected chi connectivity index (χ0v) is 23.9. The van der Waals surface area contributed by atoms with Crippen molar-refractivity contribution in [2.75, 3.05) is 30.5 Å². The van der Waals surface area contributed by atoms with Crippen LogP contribution in [0.4, 0.5) is 23.7 Å². The Morgan fingerprint density at radius 3 is 2.38 bits per heavy atom. The first-order chi connectivity index (χ1) is 18.7. The van der Waals surface area contributed by atoms with Gasteiger partial charge < -0.3 is 15.5 Å². The van der Waals surface area contributed by atoms with Crippen LogP contribution in [0.15, 0.2) is 47.4 Å². The number of rotatable bonds is 8. The number of nitrogens with one attached hydrogen (secondary N) is 2. The quantitative estimate of drug-likeness (QED) is 0.426. The van der Waals surface area contributed by atoms with Crippen molar-refractivity contribution in [1.82, 2.24) is 15.5 Å². The first-order valence-corrected chi connectivity index (χ1v) is 14.9. The van der Waals surface area contributed by atoms with Crippen LogP contribution in [-0.4, -0.2) is 57.5 Å². The number of likely N-dealkylation sites (tertiary alicyclic amines) is 1. The second kappa shape index (κ2) is 12.0. The fourth-order valence-corrected chi connectivity index (χ4v) is 6.49. The minimum atomic E-state index is -4.77. The molecule has 1 saturated carbocycles. The van der Waals surface area contributed by atoms with Gasteiger partial charge in [0, 0.05) is 30.7 Å². The Hall–Kier alpha value is -2.70. The van der Waals surface area contributed by atoms with Crippen molar-refractivity contribution in [3.8, 4) is 0 Å². The normalized spacial score (nSPS) is 19.7. The molecule has 1 saturated heterocycles. The Morgan fingerprint density at radius 2 is 1.75 bits per heavy atom. The number of carbonyl (C=O) groups is 2. The summed E-state index contributed by atoms with van der Waals surface area (Å²) >= 11 is 12.1. The lowest BCUT2D eigenvalue weighted by atomic mass is 9.90. The fraction of sp³-hybridized carbons (Fsp3) is 0.462. The van der Waals surface area contributed by atoms with Crippen LogP contribution in [0.5, 0.6) is 0 Å². The first-order valence-electron chi connectivity index (χ1n) is 12.7. The van der Waals surface area contributed by atoms with Crippen molar-refractivity contribution in [3.63, 3.8) is 0 Å². The number of anilines is 1. The highest BCUT2D eigenvalue weighted by atomic mass is 35.5. The molecule has 0 aromatic heterocycles. The van der Waals surface area contributed by atoms with Gasteiger partial charge in [0.25, 0.3) is 10.0 Å². The van der Waals surface area contributed by atoms with E-state index in [-0.39, 0.29) is 45.4 Å². The fourth-order valence-electron chi connectivity index (χ4n) is 4.67. The SMILES string of the molecule is CC1CC(CNC(=O)NC2CC2)CN(C(=O)CN(c2cc(C(F)(F)F)ccc2Cl)S(=O)(=O)c2ccc(Cl)cc2)C1. The Labute approximate surface area is 240 Å². The van der Waals surface area contributed by atoms with Crippen LogP contribution in [0.1, 0.15) is 31.7 Å². The van der Waals surface area contributed by atoms with E-state index in [2.05, 4.69) is 10.6 Å².